The molecule has 0 spiro atoms. The van der Waals surface area contributed by atoms with Crippen LogP contribution in [0.5, 0.6) is 0 Å². The number of nitrogens with one attached hydrogen (secondary N) is 1. The molecule has 0 atom stereocenters. The first-order valence-electron chi connectivity index (χ1n) is 8.33. The van der Waals surface area contributed by atoms with Crippen LogP contribution in [0.15, 0.2) is 59.8 Å². The SMILES string of the molecule is COCCn1c(SCC(=O)Nc2ccccc2)nnc1-c1ccc(Cl)cc1. The molecule has 1 amide bonds. The number of hydrogen-bond donors (Lipinski definition) is 1. The Kier molecular flexibility index (Phi) is 6.86. The van der Waals surface area contributed by atoms with Crippen LogP contribution in [0, 0.1) is 0 Å². The van der Waals surface area contributed by atoms with Crippen LogP contribution in [0.4, 0.5) is 5.69 Å². The normalized spacial score (nSPS) is 10.7. The van der Waals surface area contributed by atoms with Crippen LogP contribution in [0.3, 0.4) is 0 Å². The number of anilines is 1. The molecule has 8 heteroatoms. The van der Waals surface area contributed by atoms with E-state index >= 15 is 0 Å². The van der Waals surface area contributed by atoms with E-state index < -0.39 is 0 Å². The van der Waals surface area contributed by atoms with Gasteiger partial charge in [0.25, 0.3) is 0 Å². The average Bonchev–Trinajstić information content (AvgIpc) is 3.09. The molecule has 27 heavy (non-hydrogen) atoms. The van der Waals surface area contributed by atoms with Gasteiger partial charge in [-0.05, 0) is 36.4 Å². The quantitative estimate of drug-likeness (QED) is 0.577. The number of rotatable bonds is 8. The molecule has 1 heterocycles. The summed E-state index contributed by atoms with van der Waals surface area (Å²) < 4.78 is 7.15. The van der Waals surface area contributed by atoms with Gasteiger partial charge in [-0.25, -0.2) is 0 Å². The van der Waals surface area contributed by atoms with Crippen molar-refractivity contribution in [3.05, 3.63) is 59.6 Å². The number of carbonyl (C=O) groups is 1. The standard InChI is InChI=1S/C19H19ClN4O2S/c1-26-12-11-24-18(14-7-9-15(20)10-8-14)22-23-19(24)27-13-17(25)21-16-5-3-2-4-6-16/h2-10H,11-13H2,1H3,(H,21,25). The topological polar surface area (TPSA) is 69.0 Å². The second-order valence-corrected chi connectivity index (χ2v) is 7.04. The summed E-state index contributed by atoms with van der Waals surface area (Å²) in [6.07, 6.45) is 0. The predicted octanol–water partition coefficient (Wildman–Crippen LogP) is 3.98. The van der Waals surface area contributed by atoms with E-state index in [9.17, 15) is 4.79 Å². The van der Waals surface area contributed by atoms with Gasteiger partial charge >= 0.3 is 0 Å². The van der Waals surface area contributed by atoms with Crippen LogP contribution in [-0.4, -0.2) is 40.1 Å². The first-order valence-corrected chi connectivity index (χ1v) is 9.69. The highest BCUT2D eigenvalue weighted by molar-refractivity contribution is 7.99. The summed E-state index contributed by atoms with van der Waals surface area (Å²) in [4.78, 5) is 12.2. The molecular weight excluding hydrogens is 384 g/mol. The van der Waals surface area contributed by atoms with E-state index in [0.29, 0.717) is 23.3 Å². The number of methoxy groups -OCH3 is 1. The zero-order chi connectivity index (χ0) is 19.1. The van der Waals surface area contributed by atoms with Crippen molar-refractivity contribution in [1.29, 1.82) is 0 Å². The molecule has 3 rings (SSSR count). The molecule has 0 aliphatic carbocycles. The lowest BCUT2D eigenvalue weighted by molar-refractivity contribution is -0.113. The maximum absolute atomic E-state index is 12.2. The Hall–Kier alpha value is -2.35. The van der Waals surface area contributed by atoms with E-state index in [2.05, 4.69) is 15.5 Å². The number of ether oxygens (including phenoxy) is 1. The second kappa shape index (κ2) is 9.55. The summed E-state index contributed by atoms with van der Waals surface area (Å²) in [5.41, 5.74) is 1.68. The van der Waals surface area contributed by atoms with Crippen molar-refractivity contribution in [1.82, 2.24) is 14.8 Å². The molecule has 140 valence electrons. The van der Waals surface area contributed by atoms with Gasteiger partial charge in [0.15, 0.2) is 11.0 Å². The second-order valence-electron chi connectivity index (χ2n) is 5.66. The largest absolute Gasteiger partial charge is 0.383 e. The third kappa shape index (κ3) is 5.32. The summed E-state index contributed by atoms with van der Waals surface area (Å²) in [6, 6.07) is 16.8. The number of thioether (sulfide) groups is 1. The number of amides is 1. The Bertz CT molecular complexity index is 884. The van der Waals surface area contributed by atoms with Crippen LogP contribution in [0.25, 0.3) is 11.4 Å². The Morgan fingerprint density at radius 1 is 1.15 bits per heavy atom. The first-order chi connectivity index (χ1) is 13.2. The van der Waals surface area contributed by atoms with Crippen LogP contribution in [-0.2, 0) is 16.1 Å². The minimum Gasteiger partial charge on any atom is -0.383 e. The van der Waals surface area contributed by atoms with Crippen molar-refractivity contribution in [2.24, 2.45) is 0 Å². The molecule has 0 saturated heterocycles. The van der Waals surface area contributed by atoms with Crippen molar-refractivity contribution in [3.8, 4) is 11.4 Å². The Morgan fingerprint density at radius 3 is 2.59 bits per heavy atom. The highest BCUT2D eigenvalue weighted by Gasteiger charge is 2.15. The summed E-state index contributed by atoms with van der Waals surface area (Å²) in [7, 11) is 1.65. The van der Waals surface area contributed by atoms with Crippen LogP contribution in [0.1, 0.15) is 0 Å². The van der Waals surface area contributed by atoms with Crippen LogP contribution in [0.2, 0.25) is 5.02 Å². The Balaban J connectivity index is 1.72. The van der Waals surface area contributed by atoms with Gasteiger partial charge in [0.2, 0.25) is 5.91 Å². The molecule has 2 aromatic carbocycles. The van der Waals surface area contributed by atoms with Crippen molar-refractivity contribution in [3.63, 3.8) is 0 Å². The van der Waals surface area contributed by atoms with E-state index in [1.54, 1.807) is 7.11 Å². The maximum atomic E-state index is 12.2. The monoisotopic (exact) mass is 402 g/mol. The van der Waals surface area contributed by atoms with Gasteiger partial charge in [-0.3, -0.25) is 9.36 Å². The van der Waals surface area contributed by atoms with E-state index in [0.717, 1.165) is 17.1 Å². The molecule has 1 aromatic heterocycles. The van der Waals surface area contributed by atoms with E-state index in [1.807, 2.05) is 59.2 Å². The summed E-state index contributed by atoms with van der Waals surface area (Å²) in [5, 5.41) is 12.7. The van der Waals surface area contributed by atoms with E-state index in [4.69, 9.17) is 16.3 Å². The fraction of sp³-hybridized carbons (Fsp3) is 0.211. The van der Waals surface area contributed by atoms with Crippen molar-refractivity contribution < 1.29 is 9.53 Å². The molecule has 1 N–H and O–H groups in total. The molecule has 0 aliphatic heterocycles. The Labute approximate surface area is 166 Å². The van der Waals surface area contributed by atoms with Crippen molar-refractivity contribution in [2.75, 3.05) is 24.8 Å². The van der Waals surface area contributed by atoms with Crippen molar-refractivity contribution >= 4 is 35.0 Å². The summed E-state index contributed by atoms with van der Waals surface area (Å²) >= 11 is 7.31. The number of aromatic nitrogens is 3. The maximum Gasteiger partial charge on any atom is 0.234 e. The van der Waals surface area contributed by atoms with Gasteiger partial charge in [0, 0.05) is 23.4 Å². The van der Waals surface area contributed by atoms with E-state index in [1.165, 1.54) is 11.8 Å². The zero-order valence-corrected chi connectivity index (χ0v) is 16.3. The van der Waals surface area contributed by atoms with Gasteiger partial charge in [-0.2, -0.15) is 0 Å². The number of para-hydroxylation sites is 1. The first kappa shape index (κ1) is 19.4. The van der Waals surface area contributed by atoms with Gasteiger partial charge in [0.1, 0.15) is 0 Å². The third-order valence-electron chi connectivity index (χ3n) is 3.73. The van der Waals surface area contributed by atoms with Crippen LogP contribution >= 0.6 is 23.4 Å². The number of carbonyl (C=O) groups excluding carboxylic acids is 1. The van der Waals surface area contributed by atoms with Gasteiger partial charge in [-0.1, -0.05) is 41.6 Å². The van der Waals surface area contributed by atoms with Crippen LogP contribution < -0.4 is 5.32 Å². The third-order valence-corrected chi connectivity index (χ3v) is 4.95. The molecule has 0 bridgehead atoms. The minimum atomic E-state index is -0.0967. The summed E-state index contributed by atoms with van der Waals surface area (Å²) in [6.45, 7) is 1.10. The highest BCUT2D eigenvalue weighted by atomic mass is 35.5. The molecule has 0 unspecified atom stereocenters. The zero-order valence-electron chi connectivity index (χ0n) is 14.8. The highest BCUT2D eigenvalue weighted by Crippen LogP contribution is 2.25. The van der Waals surface area contributed by atoms with Gasteiger partial charge in [0.05, 0.1) is 18.9 Å². The van der Waals surface area contributed by atoms with Crippen molar-refractivity contribution in [2.45, 2.75) is 11.7 Å². The lowest BCUT2D eigenvalue weighted by Gasteiger charge is -2.10. The lowest BCUT2D eigenvalue weighted by Crippen LogP contribution is -2.15. The predicted molar refractivity (Wildman–Crippen MR) is 108 cm³/mol. The molecule has 0 aliphatic rings. The molecule has 0 fully saturated rings. The van der Waals surface area contributed by atoms with Gasteiger partial charge < -0.3 is 10.1 Å². The number of hydrogen-bond acceptors (Lipinski definition) is 5. The summed E-state index contributed by atoms with van der Waals surface area (Å²) in [5.74, 6) is 0.857. The van der Waals surface area contributed by atoms with E-state index in [-0.39, 0.29) is 11.7 Å². The molecule has 0 radical (unpaired) electrons. The molecular formula is C19H19ClN4O2S. The molecule has 0 saturated carbocycles. The fourth-order valence-corrected chi connectivity index (χ4v) is 3.33. The molecule has 3 aromatic rings. The fourth-order valence-electron chi connectivity index (χ4n) is 2.44. The van der Waals surface area contributed by atoms with Gasteiger partial charge in [-0.15, -0.1) is 10.2 Å². The number of nitrogens with zero attached hydrogens (tertiary/aromatic N) is 3. The minimum absolute atomic E-state index is 0.0967. The average molecular weight is 403 g/mol. The lowest BCUT2D eigenvalue weighted by atomic mass is 10.2. The smallest absolute Gasteiger partial charge is 0.234 e. The Morgan fingerprint density at radius 2 is 1.89 bits per heavy atom. The molecule has 6 nitrogen and oxygen atoms in total. The number of benzene rings is 2. The number of halogens is 1.